The van der Waals surface area contributed by atoms with E-state index in [9.17, 15) is 14.7 Å². The number of phenols is 1. The number of hydrogen-bond acceptors (Lipinski definition) is 5. The monoisotopic (exact) mass is 557 g/mol. The van der Waals surface area contributed by atoms with Crippen molar-refractivity contribution in [2.24, 2.45) is 0 Å². The summed E-state index contributed by atoms with van der Waals surface area (Å²) in [7, 11) is 1.25. The maximum Gasteiger partial charge on any atom is 0.328 e. The lowest BCUT2D eigenvalue weighted by Gasteiger charge is -2.16. The summed E-state index contributed by atoms with van der Waals surface area (Å²) in [5.74, 6) is -1.08. The van der Waals surface area contributed by atoms with Crippen molar-refractivity contribution in [3.63, 3.8) is 0 Å². The van der Waals surface area contributed by atoms with Crippen LogP contribution >= 0.6 is 34.8 Å². The second kappa shape index (κ2) is 11.3. The minimum atomic E-state index is -0.982. The van der Waals surface area contributed by atoms with Crippen LogP contribution < -0.4 is 5.32 Å². The topological polar surface area (TPSA) is 93.4 Å². The Bertz CT molecular complexity index is 1450. The van der Waals surface area contributed by atoms with Crippen LogP contribution in [0.5, 0.6) is 5.75 Å². The number of ether oxygens (including phenoxy) is 1. The Balaban J connectivity index is 1.75. The first-order valence-electron chi connectivity index (χ1n) is 11.2. The first kappa shape index (κ1) is 26.5. The van der Waals surface area contributed by atoms with Gasteiger partial charge in [0, 0.05) is 27.6 Å². The van der Waals surface area contributed by atoms with Crippen molar-refractivity contribution in [3.8, 4) is 22.7 Å². The van der Waals surface area contributed by atoms with E-state index in [-0.39, 0.29) is 17.9 Å². The second-order valence-electron chi connectivity index (χ2n) is 8.26. The van der Waals surface area contributed by atoms with Crippen LogP contribution in [0.15, 0.2) is 66.7 Å². The van der Waals surface area contributed by atoms with Crippen molar-refractivity contribution in [2.75, 3.05) is 7.11 Å². The molecule has 0 spiro atoms. The molecule has 0 aliphatic carbocycles. The number of carbonyl (C=O) groups excluding carboxylic acids is 2. The summed E-state index contributed by atoms with van der Waals surface area (Å²) in [6.07, 6.45) is 0.158. The van der Waals surface area contributed by atoms with E-state index in [2.05, 4.69) is 10.4 Å². The third-order valence-corrected chi connectivity index (χ3v) is 6.55. The molecule has 1 amide bonds. The zero-order valence-electron chi connectivity index (χ0n) is 19.8. The van der Waals surface area contributed by atoms with Crippen LogP contribution in [0.1, 0.15) is 21.6 Å². The van der Waals surface area contributed by atoms with Gasteiger partial charge in [0.05, 0.1) is 23.5 Å². The summed E-state index contributed by atoms with van der Waals surface area (Å²) >= 11 is 18.7. The number of hydrogen-bond donors (Lipinski definition) is 2. The van der Waals surface area contributed by atoms with Crippen LogP contribution in [0.4, 0.5) is 0 Å². The van der Waals surface area contributed by atoms with E-state index in [0.29, 0.717) is 32.0 Å². The van der Waals surface area contributed by atoms with E-state index in [1.807, 2.05) is 12.1 Å². The largest absolute Gasteiger partial charge is 0.508 e. The molecule has 37 heavy (non-hydrogen) atoms. The summed E-state index contributed by atoms with van der Waals surface area (Å²) in [5.41, 5.74) is 3.30. The number of halogens is 3. The molecule has 4 rings (SSSR count). The molecule has 0 saturated heterocycles. The molecule has 0 saturated carbocycles. The fourth-order valence-corrected chi connectivity index (χ4v) is 4.53. The number of nitrogens with one attached hydrogen (secondary N) is 1. The van der Waals surface area contributed by atoms with Crippen molar-refractivity contribution >= 4 is 46.7 Å². The number of amides is 1. The predicted molar refractivity (Wildman–Crippen MR) is 144 cm³/mol. The van der Waals surface area contributed by atoms with Crippen LogP contribution in [0.2, 0.25) is 15.1 Å². The zero-order valence-corrected chi connectivity index (χ0v) is 22.1. The predicted octanol–water partition coefficient (Wildman–Crippen LogP) is 6.03. The van der Waals surface area contributed by atoms with Gasteiger partial charge in [0.1, 0.15) is 11.8 Å². The van der Waals surface area contributed by atoms with Gasteiger partial charge >= 0.3 is 5.97 Å². The molecule has 0 aliphatic rings. The maximum atomic E-state index is 13.5. The Morgan fingerprint density at radius 2 is 1.65 bits per heavy atom. The Kier molecular flexibility index (Phi) is 8.07. The molecule has 10 heteroatoms. The minimum Gasteiger partial charge on any atom is -0.508 e. The van der Waals surface area contributed by atoms with Gasteiger partial charge in [-0.15, -0.1) is 0 Å². The molecule has 1 atom stereocenters. The van der Waals surface area contributed by atoms with Crippen molar-refractivity contribution in [2.45, 2.75) is 19.4 Å². The molecule has 3 aromatic carbocycles. The van der Waals surface area contributed by atoms with E-state index in [0.717, 1.165) is 11.1 Å². The Morgan fingerprint density at radius 3 is 2.27 bits per heavy atom. The summed E-state index contributed by atoms with van der Waals surface area (Å²) in [6, 6.07) is 17.4. The fourth-order valence-electron chi connectivity index (χ4n) is 3.92. The van der Waals surface area contributed by atoms with E-state index in [1.54, 1.807) is 54.1 Å². The van der Waals surface area contributed by atoms with Crippen LogP contribution in [0.25, 0.3) is 16.9 Å². The standard InChI is InChI=1S/C27H22Cl3N3O4/c1-15-24(26(35)31-22(27(36)37-2)13-16-3-10-20(34)11-4-16)32-33(23-12-9-19(29)14-21(23)30)25(15)17-5-7-18(28)8-6-17/h3-12,14,22,34H,13H2,1-2H3,(H,31,35)/t22-/m0/s1. The molecule has 190 valence electrons. The van der Waals surface area contributed by atoms with E-state index in [1.165, 1.54) is 19.2 Å². The number of aromatic hydroxyl groups is 1. The van der Waals surface area contributed by atoms with Gasteiger partial charge in [-0.25, -0.2) is 9.48 Å². The third-order valence-electron chi connectivity index (χ3n) is 5.76. The first-order valence-corrected chi connectivity index (χ1v) is 12.3. The van der Waals surface area contributed by atoms with Gasteiger partial charge in [0.15, 0.2) is 5.69 Å². The van der Waals surface area contributed by atoms with Crippen molar-refractivity contribution in [3.05, 3.63) is 98.6 Å². The smallest absolute Gasteiger partial charge is 0.328 e. The average molecular weight is 559 g/mol. The first-order chi connectivity index (χ1) is 17.7. The van der Waals surface area contributed by atoms with Crippen LogP contribution in [-0.4, -0.2) is 39.9 Å². The Hall–Kier alpha value is -3.52. The molecule has 0 bridgehead atoms. The van der Waals surface area contributed by atoms with Gasteiger partial charge in [-0.05, 0) is 55.0 Å². The number of benzene rings is 3. The molecular formula is C27H22Cl3N3O4. The van der Waals surface area contributed by atoms with Crippen molar-refractivity contribution in [1.29, 1.82) is 0 Å². The Morgan fingerprint density at radius 1 is 1.00 bits per heavy atom. The van der Waals surface area contributed by atoms with Gasteiger partial charge in [-0.3, -0.25) is 4.79 Å². The normalized spacial score (nSPS) is 11.7. The molecule has 0 aliphatic heterocycles. The highest BCUT2D eigenvalue weighted by Crippen LogP contribution is 2.33. The SMILES string of the molecule is COC(=O)[C@H](Cc1ccc(O)cc1)NC(=O)c1nn(-c2ccc(Cl)cc2Cl)c(-c2ccc(Cl)cc2)c1C. The van der Waals surface area contributed by atoms with E-state index < -0.39 is 17.9 Å². The lowest BCUT2D eigenvalue weighted by molar-refractivity contribution is -0.142. The Labute approximate surface area is 228 Å². The average Bonchev–Trinajstić information content (AvgIpc) is 3.21. The van der Waals surface area contributed by atoms with Crippen LogP contribution in [0, 0.1) is 6.92 Å². The molecule has 0 fully saturated rings. The third kappa shape index (κ3) is 5.91. The number of aromatic nitrogens is 2. The lowest BCUT2D eigenvalue weighted by Crippen LogP contribution is -2.43. The number of rotatable bonds is 7. The van der Waals surface area contributed by atoms with Crippen molar-refractivity contribution in [1.82, 2.24) is 15.1 Å². The number of carbonyl (C=O) groups is 2. The number of esters is 1. The summed E-state index contributed by atoms with van der Waals surface area (Å²) < 4.78 is 6.48. The second-order valence-corrected chi connectivity index (χ2v) is 9.54. The highest BCUT2D eigenvalue weighted by atomic mass is 35.5. The summed E-state index contributed by atoms with van der Waals surface area (Å²) in [6.45, 7) is 1.76. The summed E-state index contributed by atoms with van der Waals surface area (Å²) in [4.78, 5) is 26.0. The van der Waals surface area contributed by atoms with Gasteiger partial charge in [0.2, 0.25) is 0 Å². The van der Waals surface area contributed by atoms with Gasteiger partial charge in [-0.2, -0.15) is 5.10 Å². The molecule has 1 aromatic heterocycles. The van der Waals surface area contributed by atoms with Gasteiger partial charge in [0.25, 0.3) is 5.91 Å². The molecule has 2 N–H and O–H groups in total. The molecule has 4 aromatic rings. The fraction of sp³-hybridized carbons (Fsp3) is 0.148. The molecule has 0 unspecified atom stereocenters. The van der Waals surface area contributed by atoms with Crippen molar-refractivity contribution < 1.29 is 19.4 Å². The minimum absolute atomic E-state index is 0.0964. The number of nitrogens with zero attached hydrogens (tertiary/aromatic N) is 2. The van der Waals surface area contributed by atoms with E-state index >= 15 is 0 Å². The highest BCUT2D eigenvalue weighted by Gasteiger charge is 2.28. The van der Waals surface area contributed by atoms with Crippen LogP contribution in [0.3, 0.4) is 0 Å². The number of methoxy groups -OCH3 is 1. The number of phenolic OH excluding ortho intramolecular Hbond substituents is 1. The quantitative estimate of drug-likeness (QED) is 0.270. The summed E-state index contributed by atoms with van der Waals surface area (Å²) in [5, 5.41) is 18.2. The highest BCUT2D eigenvalue weighted by molar-refractivity contribution is 6.35. The lowest BCUT2D eigenvalue weighted by atomic mass is 10.0. The zero-order chi connectivity index (χ0) is 26.7. The van der Waals surface area contributed by atoms with Crippen LogP contribution in [-0.2, 0) is 16.0 Å². The van der Waals surface area contributed by atoms with E-state index in [4.69, 9.17) is 39.5 Å². The molecule has 1 heterocycles. The maximum absolute atomic E-state index is 13.5. The van der Waals surface area contributed by atoms with Gasteiger partial charge < -0.3 is 15.2 Å². The molecular weight excluding hydrogens is 537 g/mol. The van der Waals surface area contributed by atoms with Gasteiger partial charge in [-0.1, -0.05) is 59.1 Å². The molecule has 0 radical (unpaired) electrons. The molecule has 7 nitrogen and oxygen atoms in total.